The van der Waals surface area contributed by atoms with Crippen LogP contribution in [0, 0.1) is 10.1 Å². The molecule has 2 rings (SSSR count). The van der Waals surface area contributed by atoms with Crippen molar-refractivity contribution in [3.05, 3.63) is 28.3 Å². The number of nitro benzene ring substituents is 1. The van der Waals surface area contributed by atoms with E-state index < -0.39 is 4.92 Å². The first-order valence-electron chi connectivity index (χ1n) is 7.08. The third kappa shape index (κ3) is 4.09. The number of rotatable bonds is 6. The van der Waals surface area contributed by atoms with Crippen molar-refractivity contribution in [2.24, 2.45) is 0 Å². The summed E-state index contributed by atoms with van der Waals surface area (Å²) < 4.78 is 5.37. The third-order valence-electron chi connectivity index (χ3n) is 3.38. The molecule has 0 spiro atoms. The predicted octanol–water partition coefficient (Wildman–Crippen LogP) is 2.55. The van der Waals surface area contributed by atoms with Crippen LogP contribution in [0.2, 0.25) is 0 Å². The zero-order chi connectivity index (χ0) is 14.4. The van der Waals surface area contributed by atoms with E-state index in [1.165, 1.54) is 18.9 Å². The minimum Gasteiger partial charge on any atom is -0.494 e. The van der Waals surface area contributed by atoms with E-state index in [9.17, 15) is 10.1 Å². The zero-order valence-corrected chi connectivity index (χ0v) is 11.7. The van der Waals surface area contributed by atoms with Crippen LogP contribution in [0.4, 0.5) is 11.4 Å². The molecule has 1 atom stereocenters. The number of non-ortho nitro benzene ring substituents is 1. The lowest BCUT2D eigenvalue weighted by Gasteiger charge is -2.24. The van der Waals surface area contributed by atoms with Gasteiger partial charge in [0.15, 0.2) is 0 Å². The number of piperidine rings is 1. The van der Waals surface area contributed by atoms with Crippen LogP contribution in [-0.2, 0) is 0 Å². The zero-order valence-electron chi connectivity index (χ0n) is 11.7. The first kappa shape index (κ1) is 14.6. The van der Waals surface area contributed by atoms with Crippen LogP contribution >= 0.6 is 0 Å². The summed E-state index contributed by atoms with van der Waals surface area (Å²) in [6, 6.07) is 5.23. The third-order valence-corrected chi connectivity index (χ3v) is 3.38. The first-order valence-corrected chi connectivity index (χ1v) is 7.08. The van der Waals surface area contributed by atoms with Gasteiger partial charge in [-0.1, -0.05) is 6.42 Å². The van der Waals surface area contributed by atoms with E-state index in [1.54, 1.807) is 12.1 Å². The van der Waals surface area contributed by atoms with E-state index in [1.807, 2.05) is 6.92 Å². The molecule has 0 radical (unpaired) electrons. The molecule has 1 heterocycles. The Morgan fingerprint density at radius 1 is 1.45 bits per heavy atom. The number of nitrogens with one attached hydrogen (secondary N) is 2. The standard InChI is InChI=1S/C14H21N3O3/c1-2-20-14-8-12(7-13(9-14)17(18)19)16-10-11-5-3-4-6-15-11/h7-9,11,15-16H,2-6,10H2,1H3. The van der Waals surface area contributed by atoms with Crippen molar-refractivity contribution in [3.8, 4) is 5.75 Å². The second-order valence-corrected chi connectivity index (χ2v) is 4.93. The number of anilines is 1. The largest absolute Gasteiger partial charge is 0.494 e. The number of hydrogen-bond acceptors (Lipinski definition) is 5. The molecule has 1 aliphatic heterocycles. The summed E-state index contributed by atoms with van der Waals surface area (Å²) in [7, 11) is 0. The molecule has 0 bridgehead atoms. The molecule has 1 aromatic carbocycles. The van der Waals surface area contributed by atoms with E-state index in [-0.39, 0.29) is 5.69 Å². The molecule has 20 heavy (non-hydrogen) atoms. The van der Waals surface area contributed by atoms with Crippen LogP contribution in [0.25, 0.3) is 0 Å². The van der Waals surface area contributed by atoms with Crippen LogP contribution in [0.1, 0.15) is 26.2 Å². The van der Waals surface area contributed by atoms with Gasteiger partial charge in [-0.05, 0) is 26.3 Å². The highest BCUT2D eigenvalue weighted by atomic mass is 16.6. The summed E-state index contributed by atoms with van der Waals surface area (Å²) in [6.45, 7) is 4.17. The molecule has 1 aromatic rings. The Balaban J connectivity index is 2.03. The van der Waals surface area contributed by atoms with E-state index in [2.05, 4.69) is 10.6 Å². The SMILES string of the molecule is CCOc1cc(NCC2CCCCN2)cc([N+](=O)[O-])c1. The van der Waals surface area contributed by atoms with Gasteiger partial charge >= 0.3 is 0 Å². The molecule has 1 fully saturated rings. The maximum Gasteiger partial charge on any atom is 0.275 e. The molecule has 1 aliphatic rings. The molecule has 1 unspecified atom stereocenters. The number of benzene rings is 1. The van der Waals surface area contributed by atoms with E-state index in [4.69, 9.17) is 4.74 Å². The number of hydrogen-bond donors (Lipinski definition) is 2. The Bertz CT molecular complexity index is 459. The fourth-order valence-electron chi connectivity index (χ4n) is 2.38. The quantitative estimate of drug-likeness (QED) is 0.618. The maximum atomic E-state index is 10.9. The van der Waals surface area contributed by atoms with E-state index >= 15 is 0 Å². The average Bonchev–Trinajstić information content (AvgIpc) is 2.46. The highest BCUT2D eigenvalue weighted by Gasteiger charge is 2.14. The number of ether oxygens (including phenoxy) is 1. The van der Waals surface area contributed by atoms with E-state index in [0.29, 0.717) is 18.4 Å². The van der Waals surface area contributed by atoms with Crippen LogP contribution in [0.3, 0.4) is 0 Å². The van der Waals surface area contributed by atoms with Crippen molar-refractivity contribution >= 4 is 11.4 Å². The topological polar surface area (TPSA) is 76.4 Å². The maximum absolute atomic E-state index is 10.9. The van der Waals surface area contributed by atoms with Gasteiger partial charge < -0.3 is 15.4 Å². The smallest absolute Gasteiger partial charge is 0.275 e. The minimum atomic E-state index is -0.396. The molecule has 0 aromatic heterocycles. The molecule has 110 valence electrons. The average molecular weight is 279 g/mol. The van der Waals surface area contributed by atoms with Crippen molar-refractivity contribution in [1.29, 1.82) is 0 Å². The van der Waals surface area contributed by atoms with Crippen LogP contribution in [0.5, 0.6) is 5.75 Å². The Morgan fingerprint density at radius 3 is 2.95 bits per heavy atom. The molecule has 0 amide bonds. The highest BCUT2D eigenvalue weighted by molar-refractivity contribution is 5.56. The Kier molecular flexibility index (Phi) is 5.17. The van der Waals surface area contributed by atoms with Crippen molar-refractivity contribution < 1.29 is 9.66 Å². The summed E-state index contributed by atoms with van der Waals surface area (Å²) in [6.07, 6.45) is 3.60. The van der Waals surface area contributed by atoms with Crippen molar-refractivity contribution in [1.82, 2.24) is 5.32 Å². The predicted molar refractivity (Wildman–Crippen MR) is 78.4 cm³/mol. The van der Waals surface area contributed by atoms with Gasteiger partial charge in [-0.25, -0.2) is 0 Å². The summed E-state index contributed by atoms with van der Waals surface area (Å²) >= 11 is 0. The van der Waals surface area contributed by atoms with Crippen LogP contribution < -0.4 is 15.4 Å². The number of nitrogens with zero attached hydrogens (tertiary/aromatic N) is 1. The second kappa shape index (κ2) is 7.09. The normalized spacial score (nSPS) is 18.6. The van der Waals surface area contributed by atoms with Gasteiger partial charge in [-0.3, -0.25) is 10.1 Å². The molecular formula is C14H21N3O3. The highest BCUT2D eigenvalue weighted by Crippen LogP contribution is 2.26. The fraction of sp³-hybridized carbons (Fsp3) is 0.571. The van der Waals surface area contributed by atoms with Gasteiger partial charge in [0.1, 0.15) is 5.75 Å². The van der Waals surface area contributed by atoms with Gasteiger partial charge in [0, 0.05) is 30.4 Å². The summed E-state index contributed by atoms with van der Waals surface area (Å²) in [4.78, 5) is 10.5. The Morgan fingerprint density at radius 2 is 2.30 bits per heavy atom. The summed E-state index contributed by atoms with van der Waals surface area (Å²) in [5.41, 5.74) is 0.782. The van der Waals surface area contributed by atoms with E-state index in [0.717, 1.165) is 25.2 Å². The number of nitro groups is 1. The van der Waals surface area contributed by atoms with Gasteiger partial charge in [-0.15, -0.1) is 0 Å². The lowest BCUT2D eigenvalue weighted by atomic mass is 10.1. The first-order chi connectivity index (χ1) is 9.69. The van der Waals surface area contributed by atoms with Crippen molar-refractivity contribution in [3.63, 3.8) is 0 Å². The monoisotopic (exact) mass is 279 g/mol. The molecule has 6 heteroatoms. The van der Waals surface area contributed by atoms with Crippen LogP contribution in [-0.4, -0.2) is 30.7 Å². The van der Waals surface area contributed by atoms with Gasteiger partial charge in [0.25, 0.3) is 5.69 Å². The Labute approximate surface area is 118 Å². The molecule has 2 N–H and O–H groups in total. The Hall–Kier alpha value is -1.82. The lowest BCUT2D eigenvalue weighted by molar-refractivity contribution is -0.384. The molecule has 1 saturated heterocycles. The van der Waals surface area contributed by atoms with Crippen molar-refractivity contribution in [2.45, 2.75) is 32.2 Å². The molecule has 0 saturated carbocycles. The lowest BCUT2D eigenvalue weighted by Crippen LogP contribution is -2.39. The molecular weight excluding hydrogens is 258 g/mol. The summed E-state index contributed by atoms with van der Waals surface area (Å²) in [5, 5.41) is 17.6. The summed E-state index contributed by atoms with van der Waals surface area (Å²) in [5.74, 6) is 0.529. The molecule has 0 aliphatic carbocycles. The minimum absolute atomic E-state index is 0.0510. The fourth-order valence-corrected chi connectivity index (χ4v) is 2.38. The van der Waals surface area contributed by atoms with Crippen LogP contribution in [0.15, 0.2) is 18.2 Å². The van der Waals surface area contributed by atoms with Gasteiger partial charge in [0.05, 0.1) is 17.6 Å². The van der Waals surface area contributed by atoms with Gasteiger partial charge in [-0.2, -0.15) is 0 Å². The van der Waals surface area contributed by atoms with Crippen molar-refractivity contribution in [2.75, 3.05) is 25.0 Å². The van der Waals surface area contributed by atoms with Gasteiger partial charge in [0.2, 0.25) is 0 Å². The molecule has 6 nitrogen and oxygen atoms in total. The second-order valence-electron chi connectivity index (χ2n) is 4.93.